The average molecular weight is 711 g/mol. The highest BCUT2D eigenvalue weighted by Crippen LogP contribution is 2.34. The zero-order chi connectivity index (χ0) is 37.1. The predicted octanol–water partition coefficient (Wildman–Crippen LogP) is 4.93. The van der Waals surface area contributed by atoms with Gasteiger partial charge in [0.2, 0.25) is 11.8 Å². The Bertz CT molecular complexity index is 1900. The quantitative estimate of drug-likeness (QED) is 0.186. The number of imidazole rings is 2. The zero-order valence-corrected chi connectivity index (χ0v) is 30.4. The van der Waals surface area contributed by atoms with E-state index in [-0.39, 0.29) is 35.7 Å². The highest BCUT2D eigenvalue weighted by Gasteiger charge is 2.39. The Morgan fingerprint density at radius 1 is 0.712 bits per heavy atom. The van der Waals surface area contributed by atoms with Crippen molar-refractivity contribution in [3.05, 3.63) is 59.2 Å². The molecule has 2 saturated heterocycles. The molecule has 0 bridgehead atoms. The first-order chi connectivity index (χ1) is 25.0. The number of ether oxygens (including phenoxy) is 2. The van der Waals surface area contributed by atoms with E-state index in [4.69, 9.17) is 19.4 Å². The summed E-state index contributed by atoms with van der Waals surface area (Å²) < 4.78 is 9.50. The summed E-state index contributed by atoms with van der Waals surface area (Å²) in [5, 5.41) is 5.37. The lowest BCUT2D eigenvalue weighted by Crippen LogP contribution is -2.51. The second kappa shape index (κ2) is 15.3. The number of carbonyl (C=O) groups excluding carboxylic acids is 4. The Morgan fingerprint density at radius 2 is 1.12 bits per heavy atom. The van der Waals surface area contributed by atoms with Crippen LogP contribution in [0, 0.1) is 23.7 Å². The molecule has 2 aliphatic heterocycles. The number of nitrogens with zero attached hydrogens (tertiary/aromatic N) is 4. The predicted molar refractivity (Wildman–Crippen MR) is 194 cm³/mol. The fourth-order valence-corrected chi connectivity index (χ4v) is 7.06. The second-order valence-electron chi connectivity index (χ2n) is 14.1. The number of aromatic nitrogens is 4. The smallest absolute Gasteiger partial charge is 0.407 e. The highest BCUT2D eigenvalue weighted by molar-refractivity contribution is 5.87. The highest BCUT2D eigenvalue weighted by atomic mass is 16.5. The van der Waals surface area contributed by atoms with Gasteiger partial charge in [0.05, 0.1) is 48.4 Å². The second-order valence-corrected chi connectivity index (χ2v) is 14.1. The fourth-order valence-electron chi connectivity index (χ4n) is 7.06. The normalized spacial score (nSPS) is 18.4. The number of amides is 4. The van der Waals surface area contributed by atoms with Crippen molar-refractivity contribution in [1.82, 2.24) is 40.4 Å². The fraction of sp³-hybridized carbons (Fsp3) is 0.474. The summed E-state index contributed by atoms with van der Waals surface area (Å²) in [5.41, 5.74) is 4.80. The van der Waals surface area contributed by atoms with Crippen LogP contribution >= 0.6 is 0 Å². The lowest BCUT2D eigenvalue weighted by Gasteiger charge is -2.29. The molecule has 0 radical (unpaired) electrons. The first-order valence-electron chi connectivity index (χ1n) is 17.8. The van der Waals surface area contributed by atoms with Gasteiger partial charge in [-0.2, -0.15) is 0 Å². The van der Waals surface area contributed by atoms with E-state index in [1.807, 2.05) is 64.1 Å². The topological polar surface area (TPSA) is 175 Å². The molecule has 2 fully saturated rings. The van der Waals surface area contributed by atoms with E-state index < -0.39 is 24.3 Å². The molecule has 274 valence electrons. The summed E-state index contributed by atoms with van der Waals surface area (Å²) in [6.07, 6.45) is 1.92. The molecule has 4 heterocycles. The van der Waals surface area contributed by atoms with Gasteiger partial charge in [0, 0.05) is 24.2 Å². The molecule has 6 rings (SSSR count). The maximum Gasteiger partial charge on any atom is 0.407 e. The Morgan fingerprint density at radius 3 is 1.48 bits per heavy atom. The third-order valence-electron chi connectivity index (χ3n) is 9.84. The van der Waals surface area contributed by atoms with Crippen molar-refractivity contribution in [2.75, 3.05) is 27.3 Å². The van der Waals surface area contributed by atoms with Crippen molar-refractivity contribution in [3.8, 4) is 11.8 Å². The average Bonchev–Trinajstić information content (AvgIpc) is 3.95. The van der Waals surface area contributed by atoms with E-state index >= 15 is 0 Å². The monoisotopic (exact) mass is 710 g/mol. The van der Waals surface area contributed by atoms with Gasteiger partial charge < -0.3 is 39.9 Å². The van der Waals surface area contributed by atoms with Gasteiger partial charge in [-0.05, 0) is 73.9 Å². The zero-order valence-electron chi connectivity index (χ0n) is 30.4. The van der Waals surface area contributed by atoms with E-state index in [0.717, 1.165) is 58.9 Å². The number of aromatic amines is 2. The number of nitrogens with one attached hydrogen (secondary N) is 4. The molecule has 4 atom stereocenters. The molecule has 1 unspecified atom stereocenters. The number of carbonyl (C=O) groups is 4. The number of likely N-dealkylation sites (tertiary alicyclic amines) is 2. The van der Waals surface area contributed by atoms with Gasteiger partial charge in [0.15, 0.2) is 0 Å². The largest absolute Gasteiger partial charge is 0.453 e. The molecule has 2 aliphatic rings. The Balaban J connectivity index is 1.17. The van der Waals surface area contributed by atoms with Crippen LogP contribution in [0.25, 0.3) is 22.1 Å². The Kier molecular flexibility index (Phi) is 10.7. The van der Waals surface area contributed by atoms with Crippen LogP contribution < -0.4 is 10.6 Å². The molecule has 4 amide bonds. The minimum Gasteiger partial charge on any atom is -0.453 e. The molecule has 0 spiro atoms. The number of hydrogen-bond donors (Lipinski definition) is 4. The lowest BCUT2D eigenvalue weighted by molar-refractivity contribution is -0.136. The summed E-state index contributed by atoms with van der Waals surface area (Å²) in [5.74, 6) is 7.38. The first kappa shape index (κ1) is 36.2. The third kappa shape index (κ3) is 7.54. The van der Waals surface area contributed by atoms with Crippen LogP contribution in [-0.2, 0) is 19.1 Å². The minimum atomic E-state index is -0.701. The van der Waals surface area contributed by atoms with Crippen LogP contribution in [0.5, 0.6) is 0 Å². The van der Waals surface area contributed by atoms with E-state index in [0.29, 0.717) is 24.7 Å². The molecule has 14 heteroatoms. The van der Waals surface area contributed by atoms with Crippen molar-refractivity contribution in [3.63, 3.8) is 0 Å². The first-order valence-corrected chi connectivity index (χ1v) is 17.8. The van der Waals surface area contributed by atoms with Gasteiger partial charge in [-0.3, -0.25) is 9.59 Å². The molecule has 0 saturated carbocycles. The number of H-pyrrole nitrogens is 2. The van der Waals surface area contributed by atoms with Crippen molar-refractivity contribution in [2.45, 2.75) is 77.5 Å². The minimum absolute atomic E-state index is 0.116. The maximum atomic E-state index is 13.5. The summed E-state index contributed by atoms with van der Waals surface area (Å²) in [6, 6.07) is 9.71. The summed E-state index contributed by atoms with van der Waals surface area (Å²) in [4.78, 5) is 71.0. The van der Waals surface area contributed by atoms with Crippen LogP contribution in [0.15, 0.2) is 36.4 Å². The van der Waals surface area contributed by atoms with Gasteiger partial charge in [-0.15, -0.1) is 0 Å². The number of alkyl carbamates (subject to hydrolysis) is 2. The van der Waals surface area contributed by atoms with Crippen LogP contribution in [0.4, 0.5) is 9.59 Å². The Hall–Kier alpha value is -5.58. The van der Waals surface area contributed by atoms with Gasteiger partial charge in [0.25, 0.3) is 0 Å². The van der Waals surface area contributed by atoms with Crippen molar-refractivity contribution < 1.29 is 28.7 Å². The molecule has 0 aliphatic carbocycles. The standard InChI is InChI=1S/C38H46N8O6/c1-21(2)31(43-37(49)51-5)35(47)45-17-7-9-29(45)33-39-25-15-13-23(19-27(25)41-33)11-12-24-14-16-26-28(20-24)42-34(40-26)30-10-8-18-46(30)36(48)32(22(3)4)44-38(50)52-6/h13-16,19-22,29-32H,7-10,17-18H2,1-6H3,(H,39,41)(H,40,42)(H,43,49)(H,44,50)/t29-,30?,31-,32-/m0/s1. The molecular weight excluding hydrogens is 664 g/mol. The number of rotatable bonds is 8. The summed E-state index contributed by atoms with van der Waals surface area (Å²) in [6.45, 7) is 8.73. The molecular formula is C38H46N8O6. The van der Waals surface area contributed by atoms with Crippen LogP contribution in [0.1, 0.15) is 88.2 Å². The van der Waals surface area contributed by atoms with E-state index in [2.05, 4.69) is 32.4 Å². The lowest BCUT2D eigenvalue weighted by atomic mass is 10.0. The Labute approximate surface area is 302 Å². The number of methoxy groups -OCH3 is 2. The van der Waals surface area contributed by atoms with Crippen LogP contribution in [0.2, 0.25) is 0 Å². The number of fused-ring (bicyclic) bond motifs is 2. The SMILES string of the molecule is COC(=O)N[C@H](C(=O)N1CCCC1c1nc2ccc(C#Cc3ccc4nc([C@@H]5CCCN5C(=O)[C@@H](NC(=O)OC)C(C)C)[nH]c4c3)cc2[nH]1)C(C)C. The van der Waals surface area contributed by atoms with Gasteiger partial charge in [0.1, 0.15) is 23.7 Å². The van der Waals surface area contributed by atoms with Gasteiger partial charge >= 0.3 is 12.2 Å². The maximum absolute atomic E-state index is 13.5. The van der Waals surface area contributed by atoms with E-state index in [1.165, 1.54) is 14.2 Å². The molecule has 52 heavy (non-hydrogen) atoms. The third-order valence-corrected chi connectivity index (χ3v) is 9.84. The van der Waals surface area contributed by atoms with Gasteiger partial charge in [-0.1, -0.05) is 39.5 Å². The molecule has 4 aromatic rings. The van der Waals surface area contributed by atoms with Gasteiger partial charge in [-0.25, -0.2) is 19.6 Å². The number of benzene rings is 2. The van der Waals surface area contributed by atoms with Crippen molar-refractivity contribution >= 4 is 46.1 Å². The van der Waals surface area contributed by atoms with Crippen LogP contribution in [-0.4, -0.2) is 93.1 Å². The molecule has 14 nitrogen and oxygen atoms in total. The molecule has 2 aromatic heterocycles. The van der Waals surface area contributed by atoms with E-state index in [1.54, 1.807) is 9.80 Å². The van der Waals surface area contributed by atoms with Crippen molar-refractivity contribution in [1.29, 1.82) is 0 Å². The molecule has 4 N–H and O–H groups in total. The van der Waals surface area contributed by atoms with Crippen molar-refractivity contribution in [2.24, 2.45) is 11.8 Å². The molecule has 2 aromatic carbocycles. The summed E-state index contributed by atoms with van der Waals surface area (Å²) >= 11 is 0. The van der Waals surface area contributed by atoms with E-state index in [9.17, 15) is 19.2 Å². The summed E-state index contributed by atoms with van der Waals surface area (Å²) in [7, 11) is 2.57. The number of hydrogen-bond acceptors (Lipinski definition) is 8. The van der Waals surface area contributed by atoms with Crippen LogP contribution in [0.3, 0.4) is 0 Å².